The number of hydrogen-bond acceptors (Lipinski definition) is 4. The van der Waals surface area contributed by atoms with Gasteiger partial charge in [0.1, 0.15) is 0 Å². The van der Waals surface area contributed by atoms with Crippen LogP contribution in [0.4, 0.5) is 0 Å². The largest absolute Gasteiger partial charge is 0.385 e. The quantitative estimate of drug-likeness (QED) is 0.835. The van der Waals surface area contributed by atoms with Gasteiger partial charge in [0.15, 0.2) is 0 Å². The Bertz CT molecular complexity index is 658. The van der Waals surface area contributed by atoms with Crippen molar-refractivity contribution in [2.75, 3.05) is 20.3 Å². The van der Waals surface area contributed by atoms with E-state index in [0.29, 0.717) is 24.3 Å². The molecule has 0 amide bonds. The van der Waals surface area contributed by atoms with Crippen LogP contribution in [-0.2, 0) is 14.8 Å². The Hall–Kier alpha value is -1.42. The van der Waals surface area contributed by atoms with E-state index in [2.05, 4.69) is 4.72 Å². The third-order valence-corrected chi connectivity index (χ3v) is 5.59. The van der Waals surface area contributed by atoms with Crippen molar-refractivity contribution < 1.29 is 13.2 Å². The van der Waals surface area contributed by atoms with Crippen molar-refractivity contribution in [3.8, 4) is 6.07 Å². The van der Waals surface area contributed by atoms with E-state index < -0.39 is 10.0 Å². The van der Waals surface area contributed by atoms with Crippen LogP contribution in [0.3, 0.4) is 0 Å². The van der Waals surface area contributed by atoms with Crippen LogP contribution < -0.4 is 4.72 Å². The fourth-order valence-electron chi connectivity index (χ4n) is 2.36. The van der Waals surface area contributed by atoms with Gasteiger partial charge in [0.25, 0.3) is 0 Å². The number of methoxy groups -OCH3 is 1. The number of hydrogen-bond donors (Lipinski definition) is 1. The third-order valence-electron chi connectivity index (χ3n) is 4.02. The number of nitriles is 1. The Kier molecular flexibility index (Phi) is 4.67. The van der Waals surface area contributed by atoms with Gasteiger partial charge in [0, 0.05) is 20.3 Å². The van der Waals surface area contributed by atoms with Crippen molar-refractivity contribution in [3.05, 3.63) is 29.3 Å². The Morgan fingerprint density at radius 2 is 2.14 bits per heavy atom. The fraction of sp³-hybridized carbons (Fsp3) is 0.533. The van der Waals surface area contributed by atoms with E-state index in [4.69, 9.17) is 10.00 Å². The summed E-state index contributed by atoms with van der Waals surface area (Å²) in [5, 5.41) is 8.83. The van der Waals surface area contributed by atoms with Crippen LogP contribution >= 0.6 is 0 Å². The smallest absolute Gasteiger partial charge is 0.240 e. The van der Waals surface area contributed by atoms with E-state index in [1.165, 1.54) is 12.1 Å². The third kappa shape index (κ3) is 3.82. The van der Waals surface area contributed by atoms with Crippen LogP contribution in [0.2, 0.25) is 0 Å². The summed E-state index contributed by atoms with van der Waals surface area (Å²) in [6, 6.07) is 6.61. The molecule has 114 valence electrons. The highest BCUT2D eigenvalue weighted by Gasteiger charge is 2.42. The lowest BCUT2D eigenvalue weighted by Gasteiger charge is -2.16. The van der Waals surface area contributed by atoms with E-state index in [9.17, 15) is 8.42 Å². The summed E-state index contributed by atoms with van der Waals surface area (Å²) < 4.78 is 32.5. The molecule has 21 heavy (non-hydrogen) atoms. The second-order valence-electron chi connectivity index (χ2n) is 5.66. The molecule has 1 fully saturated rings. The maximum Gasteiger partial charge on any atom is 0.240 e. The molecule has 1 aliphatic rings. The second-order valence-corrected chi connectivity index (χ2v) is 7.39. The lowest BCUT2D eigenvalue weighted by Crippen LogP contribution is -2.31. The Labute approximate surface area is 126 Å². The maximum absolute atomic E-state index is 12.4. The van der Waals surface area contributed by atoms with Crippen LogP contribution in [0.5, 0.6) is 0 Å². The predicted molar refractivity (Wildman–Crippen MR) is 79.2 cm³/mol. The second kappa shape index (κ2) is 6.14. The molecule has 0 radical (unpaired) electrons. The molecule has 1 aromatic carbocycles. The first kappa shape index (κ1) is 16.0. The number of sulfonamides is 1. The zero-order chi connectivity index (χ0) is 15.5. The summed E-state index contributed by atoms with van der Waals surface area (Å²) in [5.41, 5.74) is 1.11. The first-order chi connectivity index (χ1) is 9.92. The highest BCUT2D eigenvalue weighted by Crippen LogP contribution is 2.48. The Morgan fingerprint density at radius 1 is 1.43 bits per heavy atom. The Balaban J connectivity index is 2.07. The number of nitrogens with zero attached hydrogens (tertiary/aromatic N) is 1. The van der Waals surface area contributed by atoms with Gasteiger partial charge >= 0.3 is 0 Å². The zero-order valence-corrected chi connectivity index (χ0v) is 13.2. The van der Waals surface area contributed by atoms with Crippen molar-refractivity contribution in [2.45, 2.75) is 31.1 Å². The molecule has 0 heterocycles. The van der Waals surface area contributed by atoms with E-state index in [0.717, 1.165) is 19.3 Å². The molecule has 0 saturated heterocycles. The number of nitrogens with one attached hydrogen (secondary N) is 1. The summed E-state index contributed by atoms with van der Waals surface area (Å²) in [5.74, 6) is 0. The van der Waals surface area contributed by atoms with E-state index >= 15 is 0 Å². The van der Waals surface area contributed by atoms with Crippen LogP contribution in [0.15, 0.2) is 23.1 Å². The van der Waals surface area contributed by atoms with Gasteiger partial charge in [-0.05, 0) is 55.4 Å². The Morgan fingerprint density at radius 3 is 2.67 bits per heavy atom. The summed E-state index contributed by atoms with van der Waals surface area (Å²) in [7, 11) is -1.88. The summed E-state index contributed by atoms with van der Waals surface area (Å²) in [6.45, 7) is 2.79. The van der Waals surface area contributed by atoms with Gasteiger partial charge in [-0.3, -0.25) is 0 Å². The lowest BCUT2D eigenvalue weighted by atomic mass is 10.0. The molecule has 1 saturated carbocycles. The van der Waals surface area contributed by atoms with E-state index in [-0.39, 0.29) is 10.3 Å². The molecule has 1 aromatic rings. The molecule has 2 rings (SSSR count). The molecule has 1 N–H and O–H groups in total. The van der Waals surface area contributed by atoms with Crippen LogP contribution in [0.1, 0.15) is 30.4 Å². The summed E-state index contributed by atoms with van der Waals surface area (Å²) in [4.78, 5) is 0.240. The molecule has 0 unspecified atom stereocenters. The molecule has 0 bridgehead atoms. The normalized spacial score (nSPS) is 16.4. The predicted octanol–water partition coefficient (Wildman–Crippen LogP) is 1.96. The molecule has 0 spiro atoms. The molecule has 0 aliphatic heterocycles. The number of benzene rings is 1. The van der Waals surface area contributed by atoms with Gasteiger partial charge in [0.2, 0.25) is 10.0 Å². The molecule has 5 nitrogen and oxygen atoms in total. The monoisotopic (exact) mass is 308 g/mol. The number of rotatable bonds is 7. The van der Waals surface area contributed by atoms with E-state index in [1.807, 2.05) is 6.07 Å². The van der Waals surface area contributed by atoms with E-state index in [1.54, 1.807) is 20.1 Å². The van der Waals surface area contributed by atoms with Crippen molar-refractivity contribution in [1.82, 2.24) is 4.72 Å². The molecule has 6 heteroatoms. The lowest BCUT2D eigenvalue weighted by molar-refractivity contribution is 0.173. The highest BCUT2D eigenvalue weighted by molar-refractivity contribution is 7.89. The van der Waals surface area contributed by atoms with Gasteiger partial charge in [0.05, 0.1) is 16.5 Å². The minimum absolute atomic E-state index is 0.0591. The van der Waals surface area contributed by atoms with Gasteiger partial charge in [-0.2, -0.15) is 5.26 Å². The van der Waals surface area contributed by atoms with Crippen LogP contribution in [0.25, 0.3) is 0 Å². The highest BCUT2D eigenvalue weighted by atomic mass is 32.2. The maximum atomic E-state index is 12.4. The molecule has 0 atom stereocenters. The SMILES string of the molecule is COCCC1(CNS(=O)(=O)c2ccc(C#N)cc2C)CC1. The van der Waals surface area contributed by atoms with Crippen LogP contribution in [-0.4, -0.2) is 28.7 Å². The van der Waals surface area contributed by atoms with Crippen molar-refractivity contribution in [3.63, 3.8) is 0 Å². The molecule has 1 aliphatic carbocycles. The van der Waals surface area contributed by atoms with Gasteiger partial charge in [-0.25, -0.2) is 13.1 Å². The standard InChI is InChI=1S/C15H20N2O3S/c1-12-9-13(10-16)3-4-14(12)21(18,19)17-11-15(5-6-15)7-8-20-2/h3-4,9,17H,5-8,11H2,1-2H3. The van der Waals surface area contributed by atoms with Gasteiger partial charge < -0.3 is 4.74 Å². The first-order valence-corrected chi connectivity index (χ1v) is 8.40. The topological polar surface area (TPSA) is 79.2 Å². The summed E-state index contributed by atoms with van der Waals surface area (Å²) in [6.07, 6.45) is 2.94. The fourth-order valence-corrected chi connectivity index (χ4v) is 3.74. The first-order valence-electron chi connectivity index (χ1n) is 6.92. The minimum atomic E-state index is -3.53. The summed E-state index contributed by atoms with van der Waals surface area (Å²) >= 11 is 0. The average Bonchev–Trinajstić information content (AvgIpc) is 3.23. The minimum Gasteiger partial charge on any atom is -0.385 e. The van der Waals surface area contributed by atoms with Crippen molar-refractivity contribution >= 4 is 10.0 Å². The van der Waals surface area contributed by atoms with Gasteiger partial charge in [-0.1, -0.05) is 0 Å². The zero-order valence-electron chi connectivity index (χ0n) is 12.3. The molecular weight excluding hydrogens is 288 g/mol. The van der Waals surface area contributed by atoms with Crippen LogP contribution in [0, 0.1) is 23.7 Å². The van der Waals surface area contributed by atoms with Gasteiger partial charge in [-0.15, -0.1) is 0 Å². The average molecular weight is 308 g/mol. The number of ether oxygens (including phenoxy) is 1. The van der Waals surface area contributed by atoms with Crippen molar-refractivity contribution in [1.29, 1.82) is 5.26 Å². The molecule has 0 aromatic heterocycles. The van der Waals surface area contributed by atoms with Crippen molar-refractivity contribution in [2.24, 2.45) is 5.41 Å². The molecular formula is C15H20N2O3S. The number of aryl methyl sites for hydroxylation is 1.